The van der Waals surface area contributed by atoms with E-state index in [9.17, 15) is 9.59 Å². The standard InChI is InChI=1S/C12H14O4/c1-7-9(5-13)11(15-3)8(2)12(16-4)10(7)6-14/h5-6H,1-4H3. The van der Waals surface area contributed by atoms with E-state index >= 15 is 0 Å². The Morgan fingerprint density at radius 1 is 0.812 bits per heavy atom. The normalized spacial score (nSPS) is 9.75. The van der Waals surface area contributed by atoms with Crippen LogP contribution in [0.25, 0.3) is 0 Å². The summed E-state index contributed by atoms with van der Waals surface area (Å²) < 4.78 is 10.3. The van der Waals surface area contributed by atoms with Gasteiger partial charge >= 0.3 is 0 Å². The van der Waals surface area contributed by atoms with E-state index in [4.69, 9.17) is 9.47 Å². The van der Waals surface area contributed by atoms with Crippen LogP contribution in [-0.2, 0) is 0 Å². The number of methoxy groups -OCH3 is 2. The maximum absolute atomic E-state index is 11.0. The molecule has 86 valence electrons. The van der Waals surface area contributed by atoms with Crippen LogP contribution in [0.1, 0.15) is 31.8 Å². The zero-order valence-electron chi connectivity index (χ0n) is 9.79. The predicted molar refractivity (Wildman–Crippen MR) is 59.8 cm³/mol. The summed E-state index contributed by atoms with van der Waals surface area (Å²) in [6.07, 6.45) is 1.38. The van der Waals surface area contributed by atoms with Crippen LogP contribution in [0, 0.1) is 13.8 Å². The summed E-state index contributed by atoms with van der Waals surface area (Å²) in [7, 11) is 2.96. The van der Waals surface area contributed by atoms with Crippen LogP contribution in [0.4, 0.5) is 0 Å². The van der Waals surface area contributed by atoms with Crippen LogP contribution in [0.3, 0.4) is 0 Å². The van der Waals surface area contributed by atoms with Crippen molar-refractivity contribution in [1.29, 1.82) is 0 Å². The van der Waals surface area contributed by atoms with Gasteiger partial charge in [0.15, 0.2) is 12.6 Å². The molecule has 0 atom stereocenters. The molecule has 0 saturated carbocycles. The highest BCUT2D eigenvalue weighted by atomic mass is 16.5. The van der Waals surface area contributed by atoms with Gasteiger partial charge in [-0.3, -0.25) is 9.59 Å². The fraction of sp³-hybridized carbons (Fsp3) is 0.333. The number of aldehydes is 2. The fourth-order valence-electron chi connectivity index (χ4n) is 1.80. The van der Waals surface area contributed by atoms with E-state index in [1.807, 2.05) is 0 Å². The maximum atomic E-state index is 11.0. The first kappa shape index (κ1) is 12.2. The molecule has 0 unspecified atom stereocenters. The van der Waals surface area contributed by atoms with Gasteiger partial charge in [-0.15, -0.1) is 0 Å². The van der Waals surface area contributed by atoms with Gasteiger partial charge in [0, 0.05) is 5.56 Å². The summed E-state index contributed by atoms with van der Waals surface area (Å²) in [5.74, 6) is 0.907. The Morgan fingerprint density at radius 3 is 1.44 bits per heavy atom. The molecule has 16 heavy (non-hydrogen) atoms. The Balaban J connectivity index is 3.73. The first-order chi connectivity index (χ1) is 7.62. The molecule has 0 fully saturated rings. The molecule has 0 saturated heterocycles. The van der Waals surface area contributed by atoms with E-state index in [2.05, 4.69) is 0 Å². The van der Waals surface area contributed by atoms with Crippen molar-refractivity contribution >= 4 is 12.6 Å². The molecule has 0 bridgehead atoms. The predicted octanol–water partition coefficient (Wildman–Crippen LogP) is 1.95. The van der Waals surface area contributed by atoms with Crippen LogP contribution >= 0.6 is 0 Å². The molecule has 0 spiro atoms. The molecule has 0 aliphatic rings. The van der Waals surface area contributed by atoms with Gasteiger partial charge in [-0.25, -0.2) is 0 Å². The van der Waals surface area contributed by atoms with Crippen LogP contribution in [0.15, 0.2) is 0 Å². The van der Waals surface area contributed by atoms with Crippen molar-refractivity contribution in [3.63, 3.8) is 0 Å². The first-order valence-electron chi connectivity index (χ1n) is 4.77. The van der Waals surface area contributed by atoms with Gasteiger partial charge in [0.25, 0.3) is 0 Å². The van der Waals surface area contributed by atoms with Gasteiger partial charge < -0.3 is 9.47 Å². The molecular formula is C12H14O4. The topological polar surface area (TPSA) is 52.6 Å². The van der Waals surface area contributed by atoms with E-state index in [1.165, 1.54) is 14.2 Å². The fourth-order valence-corrected chi connectivity index (χ4v) is 1.80. The van der Waals surface area contributed by atoms with E-state index in [0.717, 1.165) is 0 Å². The minimum atomic E-state index is 0.392. The lowest BCUT2D eigenvalue weighted by atomic mass is 9.97. The van der Waals surface area contributed by atoms with Gasteiger partial charge in [0.2, 0.25) is 0 Å². The number of carbonyl (C=O) groups is 2. The lowest BCUT2D eigenvalue weighted by Gasteiger charge is -2.16. The molecule has 0 amide bonds. The average Bonchev–Trinajstić information content (AvgIpc) is 2.30. The monoisotopic (exact) mass is 222 g/mol. The van der Waals surface area contributed by atoms with Gasteiger partial charge in [-0.2, -0.15) is 0 Å². The summed E-state index contributed by atoms with van der Waals surface area (Å²) in [6.45, 7) is 3.44. The lowest BCUT2D eigenvalue weighted by Crippen LogP contribution is -2.04. The third kappa shape index (κ3) is 1.66. The molecule has 0 radical (unpaired) electrons. The van der Waals surface area contributed by atoms with Crippen molar-refractivity contribution < 1.29 is 19.1 Å². The number of carbonyl (C=O) groups excluding carboxylic acids is 2. The smallest absolute Gasteiger partial charge is 0.154 e. The number of ether oxygens (including phenoxy) is 2. The highest BCUT2D eigenvalue weighted by molar-refractivity contribution is 5.92. The van der Waals surface area contributed by atoms with Gasteiger partial charge in [-0.1, -0.05) is 0 Å². The molecule has 4 nitrogen and oxygen atoms in total. The second kappa shape index (κ2) is 4.79. The second-order valence-corrected chi connectivity index (χ2v) is 3.38. The van der Waals surface area contributed by atoms with Crippen molar-refractivity contribution in [1.82, 2.24) is 0 Å². The molecule has 0 N–H and O–H groups in total. The van der Waals surface area contributed by atoms with Crippen molar-refractivity contribution in [2.75, 3.05) is 14.2 Å². The van der Waals surface area contributed by atoms with Crippen molar-refractivity contribution in [2.45, 2.75) is 13.8 Å². The summed E-state index contributed by atoms with van der Waals surface area (Å²) >= 11 is 0. The van der Waals surface area contributed by atoms with Crippen LogP contribution in [-0.4, -0.2) is 26.8 Å². The number of rotatable bonds is 4. The molecule has 1 aromatic carbocycles. The second-order valence-electron chi connectivity index (χ2n) is 3.38. The SMILES string of the molecule is COc1c(C)c(OC)c(C=O)c(C)c1C=O. The molecule has 1 rings (SSSR count). The Morgan fingerprint density at radius 2 is 1.19 bits per heavy atom. The maximum Gasteiger partial charge on any atom is 0.154 e. The summed E-state index contributed by atoms with van der Waals surface area (Å²) in [4.78, 5) is 22.0. The Kier molecular flexibility index (Phi) is 3.66. The molecule has 1 aromatic rings. The van der Waals surface area contributed by atoms with Crippen molar-refractivity contribution in [3.05, 3.63) is 22.3 Å². The van der Waals surface area contributed by atoms with Crippen molar-refractivity contribution in [2.24, 2.45) is 0 Å². The van der Waals surface area contributed by atoms with Crippen LogP contribution < -0.4 is 9.47 Å². The van der Waals surface area contributed by atoms with E-state index in [0.29, 0.717) is 46.3 Å². The van der Waals surface area contributed by atoms with Gasteiger partial charge in [-0.05, 0) is 19.4 Å². The minimum Gasteiger partial charge on any atom is -0.496 e. The van der Waals surface area contributed by atoms with Gasteiger partial charge in [0.1, 0.15) is 11.5 Å². The first-order valence-corrected chi connectivity index (χ1v) is 4.77. The van der Waals surface area contributed by atoms with E-state index in [1.54, 1.807) is 13.8 Å². The van der Waals surface area contributed by atoms with Gasteiger partial charge in [0.05, 0.1) is 25.3 Å². The van der Waals surface area contributed by atoms with E-state index in [-0.39, 0.29) is 0 Å². The largest absolute Gasteiger partial charge is 0.496 e. The summed E-state index contributed by atoms with van der Waals surface area (Å²) in [5.41, 5.74) is 2.01. The Bertz CT molecular complexity index is 398. The highest BCUT2D eigenvalue weighted by Gasteiger charge is 2.19. The quantitative estimate of drug-likeness (QED) is 0.730. The molecule has 4 heteroatoms. The number of benzene rings is 1. The third-order valence-corrected chi connectivity index (χ3v) is 2.62. The molecule has 0 aliphatic heterocycles. The zero-order valence-corrected chi connectivity index (χ0v) is 9.79. The molecule has 0 aromatic heterocycles. The average molecular weight is 222 g/mol. The zero-order chi connectivity index (χ0) is 12.3. The van der Waals surface area contributed by atoms with Crippen LogP contribution in [0.5, 0.6) is 11.5 Å². The van der Waals surface area contributed by atoms with E-state index < -0.39 is 0 Å². The Labute approximate surface area is 94.2 Å². The molecule has 0 heterocycles. The van der Waals surface area contributed by atoms with Crippen LogP contribution in [0.2, 0.25) is 0 Å². The van der Waals surface area contributed by atoms with Crippen molar-refractivity contribution in [3.8, 4) is 11.5 Å². The number of hydrogen-bond donors (Lipinski definition) is 0. The minimum absolute atomic E-state index is 0.392. The third-order valence-electron chi connectivity index (χ3n) is 2.62. The lowest BCUT2D eigenvalue weighted by molar-refractivity contribution is 0.111. The highest BCUT2D eigenvalue weighted by Crippen LogP contribution is 2.36. The summed E-state index contributed by atoms with van der Waals surface area (Å²) in [5, 5.41) is 0. The molecule has 0 aliphatic carbocycles. The molecular weight excluding hydrogens is 208 g/mol. The summed E-state index contributed by atoms with van der Waals surface area (Å²) in [6, 6.07) is 0. The number of hydrogen-bond acceptors (Lipinski definition) is 4. The Hall–Kier alpha value is -1.84.